The van der Waals surface area contributed by atoms with Crippen LogP contribution in [-0.2, 0) is 24.4 Å². The minimum absolute atomic E-state index is 0.168. The second-order valence-corrected chi connectivity index (χ2v) is 12.9. The third kappa shape index (κ3) is 7.17. The fourth-order valence-electron chi connectivity index (χ4n) is 4.97. The molecule has 4 unspecified atom stereocenters. The van der Waals surface area contributed by atoms with E-state index in [0.29, 0.717) is 29.5 Å². The number of carbonyl (C=O) groups is 3. The largest absolute Gasteiger partial charge is 0.507 e. The Morgan fingerprint density at radius 2 is 1.98 bits per heavy atom. The smallest absolute Gasteiger partial charge is 0.241 e. The summed E-state index contributed by atoms with van der Waals surface area (Å²) < 4.78 is 24.7. The van der Waals surface area contributed by atoms with Crippen molar-refractivity contribution < 1.29 is 27.9 Å². The van der Waals surface area contributed by atoms with Crippen LogP contribution in [0.25, 0.3) is 21.3 Å². The third-order valence-corrected chi connectivity index (χ3v) is 9.23. The second-order valence-electron chi connectivity index (χ2n) is 10.1. The molecule has 0 spiro atoms. The van der Waals surface area contributed by atoms with Gasteiger partial charge in [0.25, 0.3) is 0 Å². The zero-order chi connectivity index (χ0) is 30.8. The molecule has 1 aliphatic rings. The van der Waals surface area contributed by atoms with Gasteiger partial charge in [-0.2, -0.15) is 0 Å². The first-order valence-electron chi connectivity index (χ1n) is 13.0. The number of phenols is 1. The Morgan fingerprint density at radius 1 is 1.24 bits per heavy atom. The molecule has 2 heterocycles. The number of sulfonamides is 1. The molecular formula is C26H32ClN7O6S2. The van der Waals surface area contributed by atoms with E-state index in [1.165, 1.54) is 28.4 Å². The predicted octanol–water partition coefficient (Wildman–Crippen LogP) is 0.842. The van der Waals surface area contributed by atoms with Crippen molar-refractivity contribution in [3.63, 3.8) is 0 Å². The van der Waals surface area contributed by atoms with Crippen LogP contribution in [0.5, 0.6) is 5.75 Å². The summed E-state index contributed by atoms with van der Waals surface area (Å²) in [6, 6.07) is 8.68. The number of fused-ring (bicyclic) bond motifs is 1. The molecule has 4 rings (SSSR count). The topological polar surface area (TPSA) is 224 Å². The molecule has 3 aromatic rings. The van der Waals surface area contributed by atoms with E-state index in [-0.39, 0.29) is 30.7 Å². The quantitative estimate of drug-likeness (QED) is 0.137. The number of nitrogens with zero attached hydrogens (tertiary/aromatic N) is 2. The first-order valence-corrected chi connectivity index (χ1v) is 15.9. The van der Waals surface area contributed by atoms with Gasteiger partial charge in [0.2, 0.25) is 27.7 Å². The maximum absolute atomic E-state index is 13.0. The van der Waals surface area contributed by atoms with E-state index in [0.717, 1.165) is 9.71 Å². The van der Waals surface area contributed by atoms with Gasteiger partial charge in [-0.25, -0.2) is 18.5 Å². The molecule has 226 valence electrons. The maximum Gasteiger partial charge on any atom is 0.241 e. The molecule has 0 aliphatic carbocycles. The Labute approximate surface area is 251 Å². The molecule has 16 heteroatoms. The molecule has 4 atom stereocenters. The number of benzene rings is 2. The number of amides is 3. The van der Waals surface area contributed by atoms with Crippen LogP contribution in [0.3, 0.4) is 0 Å². The summed E-state index contributed by atoms with van der Waals surface area (Å²) in [4.78, 5) is 43.3. The Hall–Kier alpha value is -3.34. The SMILES string of the molecule is CC(N)NC(CC(N)=O)C(=O)NC1CCC(c2nc3c(-c4ccc(O)c(S(N)(=O)=O)c4)cccc3s2)CN1C(=O)CCl. The Morgan fingerprint density at radius 3 is 2.62 bits per heavy atom. The molecule has 0 saturated carbocycles. The lowest BCUT2D eigenvalue weighted by Gasteiger charge is -2.39. The molecule has 1 aromatic heterocycles. The van der Waals surface area contributed by atoms with Crippen LogP contribution >= 0.6 is 22.9 Å². The van der Waals surface area contributed by atoms with Crippen molar-refractivity contribution in [1.29, 1.82) is 0 Å². The number of primary sulfonamides is 1. The van der Waals surface area contributed by atoms with E-state index >= 15 is 0 Å². The molecule has 0 bridgehead atoms. The normalized spacial score (nSPS) is 18.9. The zero-order valence-corrected chi connectivity index (χ0v) is 25.0. The number of thiazole rings is 1. The minimum Gasteiger partial charge on any atom is -0.507 e. The summed E-state index contributed by atoms with van der Waals surface area (Å²) in [5.74, 6) is -2.48. The number of halogens is 1. The fourth-order valence-corrected chi connectivity index (χ4v) is 6.89. The third-order valence-electron chi connectivity index (χ3n) is 6.87. The number of phenolic OH excluding ortho intramolecular Hbond substituents is 1. The zero-order valence-electron chi connectivity index (χ0n) is 22.6. The summed E-state index contributed by atoms with van der Waals surface area (Å²) in [5.41, 5.74) is 12.8. The van der Waals surface area contributed by atoms with Gasteiger partial charge in [0.1, 0.15) is 22.7 Å². The highest BCUT2D eigenvalue weighted by Crippen LogP contribution is 2.39. The summed E-state index contributed by atoms with van der Waals surface area (Å²) in [5, 5.41) is 21.7. The number of hydrogen-bond acceptors (Lipinski definition) is 10. The van der Waals surface area contributed by atoms with Gasteiger partial charge in [-0.3, -0.25) is 19.7 Å². The molecule has 42 heavy (non-hydrogen) atoms. The highest BCUT2D eigenvalue weighted by molar-refractivity contribution is 7.89. The summed E-state index contributed by atoms with van der Waals surface area (Å²) >= 11 is 7.36. The molecule has 1 aliphatic heterocycles. The van der Waals surface area contributed by atoms with E-state index in [4.69, 9.17) is 33.2 Å². The molecule has 2 aromatic carbocycles. The van der Waals surface area contributed by atoms with E-state index < -0.39 is 50.9 Å². The van der Waals surface area contributed by atoms with E-state index in [1.807, 2.05) is 12.1 Å². The van der Waals surface area contributed by atoms with Gasteiger partial charge in [0.05, 0.1) is 33.9 Å². The lowest BCUT2D eigenvalue weighted by molar-refractivity contribution is -0.137. The van der Waals surface area contributed by atoms with Crippen molar-refractivity contribution in [3.8, 4) is 16.9 Å². The molecule has 1 saturated heterocycles. The number of rotatable bonds is 10. The standard InChI is InChI=1S/C26H32ClN7O6S2/c1-13(28)31-17(10-21(29)36)25(38)32-22-8-6-15(12-34(22)23(37)11-27)26-33-24-16(3-2-4-19(24)41-26)14-5-7-18(35)20(9-14)42(30,39)40/h2-5,7,9,13,15,17,22,31,35H,6,8,10-12,28H2,1H3,(H2,29,36)(H,32,38)(H2,30,39,40). The van der Waals surface area contributed by atoms with Crippen LogP contribution in [0.1, 0.15) is 37.1 Å². The number of primary amides is 1. The van der Waals surface area contributed by atoms with Crippen molar-refractivity contribution in [2.45, 2.75) is 55.4 Å². The highest BCUT2D eigenvalue weighted by Gasteiger charge is 2.36. The van der Waals surface area contributed by atoms with E-state index in [2.05, 4.69) is 10.6 Å². The van der Waals surface area contributed by atoms with Crippen molar-refractivity contribution in [2.75, 3.05) is 12.4 Å². The molecular weight excluding hydrogens is 606 g/mol. The summed E-state index contributed by atoms with van der Waals surface area (Å²) in [6.07, 6.45) is -0.516. The number of alkyl halides is 1. The number of nitrogens with two attached hydrogens (primary N) is 3. The van der Waals surface area contributed by atoms with Crippen LogP contribution in [0.2, 0.25) is 0 Å². The highest BCUT2D eigenvalue weighted by atomic mass is 35.5. The number of aromatic hydroxyl groups is 1. The Bertz CT molecular complexity index is 1610. The summed E-state index contributed by atoms with van der Waals surface area (Å²) in [6.45, 7) is 1.86. The van der Waals surface area contributed by atoms with Crippen molar-refractivity contribution in [1.82, 2.24) is 20.5 Å². The fraction of sp³-hybridized carbons (Fsp3) is 0.385. The van der Waals surface area contributed by atoms with Gasteiger partial charge in [-0.15, -0.1) is 22.9 Å². The van der Waals surface area contributed by atoms with Gasteiger partial charge >= 0.3 is 0 Å². The van der Waals surface area contributed by atoms with Crippen molar-refractivity contribution >= 4 is 60.9 Å². The molecule has 0 radical (unpaired) electrons. The van der Waals surface area contributed by atoms with Gasteiger partial charge < -0.3 is 26.8 Å². The monoisotopic (exact) mass is 637 g/mol. The number of carbonyl (C=O) groups excluding carboxylic acids is 3. The molecule has 13 nitrogen and oxygen atoms in total. The second kappa shape index (κ2) is 12.9. The number of hydrogen-bond donors (Lipinski definition) is 6. The Kier molecular flexibility index (Phi) is 9.70. The van der Waals surface area contributed by atoms with Crippen LogP contribution in [0, 0.1) is 0 Å². The Balaban J connectivity index is 1.60. The minimum atomic E-state index is -4.16. The lowest BCUT2D eigenvalue weighted by atomic mass is 9.96. The average Bonchev–Trinajstić information content (AvgIpc) is 3.36. The molecule has 1 fully saturated rings. The molecule has 3 amide bonds. The number of para-hydroxylation sites is 1. The van der Waals surface area contributed by atoms with E-state index in [1.54, 1.807) is 19.1 Å². The first kappa shape index (κ1) is 31.6. The van der Waals surface area contributed by atoms with Gasteiger partial charge in [0.15, 0.2) is 0 Å². The van der Waals surface area contributed by atoms with Crippen molar-refractivity contribution in [3.05, 3.63) is 41.4 Å². The summed E-state index contributed by atoms with van der Waals surface area (Å²) in [7, 11) is -4.16. The van der Waals surface area contributed by atoms with Crippen LogP contribution in [0.15, 0.2) is 41.3 Å². The van der Waals surface area contributed by atoms with E-state index in [9.17, 15) is 27.9 Å². The van der Waals surface area contributed by atoms with Crippen LogP contribution in [0.4, 0.5) is 0 Å². The van der Waals surface area contributed by atoms with Gasteiger partial charge in [-0.05, 0) is 43.5 Å². The van der Waals surface area contributed by atoms with Gasteiger partial charge in [-0.1, -0.05) is 18.2 Å². The first-order chi connectivity index (χ1) is 19.8. The van der Waals surface area contributed by atoms with Crippen molar-refractivity contribution in [2.24, 2.45) is 16.6 Å². The number of nitrogens with one attached hydrogen (secondary N) is 2. The number of likely N-dealkylation sites (tertiary alicyclic amines) is 1. The number of aromatic nitrogens is 1. The van der Waals surface area contributed by atoms with Crippen LogP contribution in [-0.4, -0.2) is 71.9 Å². The maximum atomic E-state index is 13.0. The predicted molar refractivity (Wildman–Crippen MR) is 159 cm³/mol. The lowest BCUT2D eigenvalue weighted by Crippen LogP contribution is -2.59. The van der Waals surface area contributed by atoms with Crippen LogP contribution < -0.4 is 27.2 Å². The average molecular weight is 638 g/mol. The number of piperidine rings is 1. The van der Waals surface area contributed by atoms with Gasteiger partial charge in [0, 0.05) is 18.0 Å². The molecule has 9 N–H and O–H groups in total.